The van der Waals surface area contributed by atoms with Crippen LogP contribution >= 0.6 is 0 Å². The Kier molecular flexibility index (Phi) is 5.52. The van der Waals surface area contributed by atoms with Gasteiger partial charge in [-0.3, -0.25) is 4.79 Å². The van der Waals surface area contributed by atoms with Gasteiger partial charge in [-0.2, -0.15) is 0 Å². The monoisotopic (exact) mass is 182 g/mol. The third-order valence-electron chi connectivity index (χ3n) is 1.37. The molecule has 0 amide bonds. The van der Waals surface area contributed by atoms with Gasteiger partial charge in [0.1, 0.15) is 5.57 Å². The van der Waals surface area contributed by atoms with Crippen LogP contribution in [-0.4, -0.2) is 18.4 Å². The van der Waals surface area contributed by atoms with E-state index in [4.69, 9.17) is 4.74 Å². The summed E-state index contributed by atoms with van der Waals surface area (Å²) in [5.74, 6) is -0.878. The second-order valence-electron chi connectivity index (χ2n) is 2.29. The summed E-state index contributed by atoms with van der Waals surface area (Å²) in [6.07, 6.45) is 4.39. The average Bonchev–Trinajstić information content (AvgIpc) is 2.06. The molecule has 0 saturated heterocycles. The summed E-state index contributed by atoms with van der Waals surface area (Å²) in [7, 11) is 0. The first-order chi connectivity index (χ1) is 6.17. The lowest BCUT2D eigenvalue weighted by atomic mass is 10.1. The molecule has 0 aliphatic rings. The second kappa shape index (κ2) is 6.17. The molecule has 0 N–H and O–H groups in total. The number of hydrogen-bond donors (Lipinski definition) is 0. The molecule has 0 aliphatic heterocycles. The van der Waals surface area contributed by atoms with Crippen molar-refractivity contribution in [2.45, 2.75) is 20.8 Å². The van der Waals surface area contributed by atoms with Crippen LogP contribution in [0.1, 0.15) is 20.8 Å². The molecule has 0 aromatic carbocycles. The standard InChI is InChI=1S/C10H14O3/c1-4-7-9(11)8(5-2)10(12)13-6-3/h4-5,7H,6H2,1-3H3/b7-4+,8-5+. The lowest BCUT2D eigenvalue weighted by Gasteiger charge is -2.01. The van der Waals surface area contributed by atoms with Gasteiger partial charge in [-0.25, -0.2) is 4.79 Å². The summed E-state index contributed by atoms with van der Waals surface area (Å²) < 4.78 is 4.70. The Labute approximate surface area is 78.1 Å². The van der Waals surface area contributed by atoms with Gasteiger partial charge in [0.15, 0.2) is 5.78 Å². The first kappa shape index (κ1) is 11.6. The molecule has 0 spiro atoms. The molecule has 3 nitrogen and oxygen atoms in total. The van der Waals surface area contributed by atoms with Crippen LogP contribution in [-0.2, 0) is 14.3 Å². The summed E-state index contributed by atoms with van der Waals surface area (Å²) in [5, 5.41) is 0. The number of carbonyl (C=O) groups excluding carboxylic acids is 2. The molecule has 0 rings (SSSR count). The lowest BCUT2D eigenvalue weighted by molar-refractivity contribution is -0.139. The number of esters is 1. The van der Waals surface area contributed by atoms with Gasteiger partial charge in [0.05, 0.1) is 6.61 Å². The highest BCUT2D eigenvalue weighted by molar-refractivity contribution is 6.21. The fourth-order valence-corrected chi connectivity index (χ4v) is 0.811. The molecular weight excluding hydrogens is 168 g/mol. The normalized spacial score (nSPS) is 11.8. The molecule has 72 valence electrons. The van der Waals surface area contributed by atoms with Gasteiger partial charge in [-0.1, -0.05) is 12.2 Å². The van der Waals surface area contributed by atoms with E-state index in [9.17, 15) is 9.59 Å². The number of carbonyl (C=O) groups is 2. The highest BCUT2D eigenvalue weighted by Crippen LogP contribution is 2.01. The van der Waals surface area contributed by atoms with Crippen LogP contribution in [0.4, 0.5) is 0 Å². The fraction of sp³-hybridized carbons (Fsp3) is 0.400. The maximum absolute atomic E-state index is 11.2. The predicted octanol–water partition coefficient (Wildman–Crippen LogP) is 1.64. The van der Waals surface area contributed by atoms with Crippen molar-refractivity contribution in [3.8, 4) is 0 Å². The SMILES string of the molecule is C/C=C/C(=O)/C(=C\C)C(=O)OCC. The first-order valence-corrected chi connectivity index (χ1v) is 4.17. The van der Waals surface area contributed by atoms with Crippen molar-refractivity contribution >= 4 is 11.8 Å². The van der Waals surface area contributed by atoms with Gasteiger partial charge in [-0.15, -0.1) is 0 Å². The summed E-state index contributed by atoms with van der Waals surface area (Å²) in [5.41, 5.74) is 0.0833. The third-order valence-corrected chi connectivity index (χ3v) is 1.37. The maximum atomic E-state index is 11.2. The lowest BCUT2D eigenvalue weighted by Crippen LogP contribution is -2.14. The van der Waals surface area contributed by atoms with Gasteiger partial charge in [-0.05, 0) is 26.8 Å². The maximum Gasteiger partial charge on any atom is 0.341 e. The van der Waals surface area contributed by atoms with Crippen molar-refractivity contribution in [3.05, 3.63) is 23.8 Å². The van der Waals surface area contributed by atoms with Crippen molar-refractivity contribution in [3.63, 3.8) is 0 Å². The molecule has 0 heterocycles. The minimum absolute atomic E-state index is 0.0833. The Bertz CT molecular complexity index is 249. The number of ketones is 1. The zero-order valence-electron chi connectivity index (χ0n) is 8.16. The quantitative estimate of drug-likeness (QED) is 0.287. The molecule has 0 unspecified atom stereocenters. The van der Waals surface area contributed by atoms with Crippen LogP contribution in [0.15, 0.2) is 23.8 Å². The Morgan fingerprint density at radius 1 is 1.31 bits per heavy atom. The minimum Gasteiger partial charge on any atom is -0.462 e. The highest BCUT2D eigenvalue weighted by atomic mass is 16.5. The Hall–Kier alpha value is -1.38. The van der Waals surface area contributed by atoms with Crippen LogP contribution < -0.4 is 0 Å². The van der Waals surface area contributed by atoms with Crippen molar-refractivity contribution in [1.29, 1.82) is 0 Å². The van der Waals surface area contributed by atoms with Crippen molar-refractivity contribution in [1.82, 2.24) is 0 Å². The number of allylic oxidation sites excluding steroid dienone is 3. The van der Waals surface area contributed by atoms with E-state index in [1.165, 1.54) is 12.2 Å². The van der Waals surface area contributed by atoms with E-state index in [1.807, 2.05) is 0 Å². The molecule has 0 bridgehead atoms. The molecular formula is C10H14O3. The third kappa shape index (κ3) is 3.69. The molecule has 3 heteroatoms. The molecule has 0 aromatic heterocycles. The molecule has 0 saturated carbocycles. The molecule has 0 radical (unpaired) electrons. The molecule has 0 aliphatic carbocycles. The van der Waals surface area contributed by atoms with E-state index in [2.05, 4.69) is 0 Å². The van der Waals surface area contributed by atoms with E-state index >= 15 is 0 Å². The van der Waals surface area contributed by atoms with E-state index in [0.717, 1.165) is 0 Å². The number of hydrogen-bond acceptors (Lipinski definition) is 3. The number of ether oxygens (including phenoxy) is 1. The largest absolute Gasteiger partial charge is 0.462 e. The van der Waals surface area contributed by atoms with Gasteiger partial charge < -0.3 is 4.74 Å². The van der Waals surface area contributed by atoms with Gasteiger partial charge >= 0.3 is 5.97 Å². The summed E-state index contributed by atoms with van der Waals surface area (Å²) >= 11 is 0. The Morgan fingerprint density at radius 2 is 1.92 bits per heavy atom. The Balaban J connectivity index is 4.53. The predicted molar refractivity (Wildman–Crippen MR) is 50.2 cm³/mol. The van der Waals surface area contributed by atoms with Crippen molar-refractivity contribution < 1.29 is 14.3 Å². The summed E-state index contributed by atoms with van der Waals surface area (Å²) in [4.78, 5) is 22.4. The first-order valence-electron chi connectivity index (χ1n) is 4.17. The van der Waals surface area contributed by atoms with Gasteiger partial charge in [0, 0.05) is 0 Å². The second-order valence-corrected chi connectivity index (χ2v) is 2.29. The van der Waals surface area contributed by atoms with Crippen LogP contribution in [0, 0.1) is 0 Å². The Morgan fingerprint density at radius 3 is 2.31 bits per heavy atom. The van der Waals surface area contributed by atoms with E-state index < -0.39 is 5.97 Å². The van der Waals surface area contributed by atoms with E-state index in [1.54, 1.807) is 26.8 Å². The van der Waals surface area contributed by atoms with E-state index in [-0.39, 0.29) is 18.0 Å². The molecule has 0 aromatic rings. The topological polar surface area (TPSA) is 43.4 Å². The van der Waals surface area contributed by atoms with Crippen LogP contribution in [0.5, 0.6) is 0 Å². The van der Waals surface area contributed by atoms with Gasteiger partial charge in [0.25, 0.3) is 0 Å². The van der Waals surface area contributed by atoms with Crippen molar-refractivity contribution in [2.75, 3.05) is 6.61 Å². The zero-order valence-corrected chi connectivity index (χ0v) is 8.16. The average molecular weight is 182 g/mol. The van der Waals surface area contributed by atoms with Crippen LogP contribution in [0.2, 0.25) is 0 Å². The van der Waals surface area contributed by atoms with E-state index in [0.29, 0.717) is 0 Å². The number of rotatable bonds is 4. The summed E-state index contributed by atoms with van der Waals surface area (Å²) in [6, 6.07) is 0. The van der Waals surface area contributed by atoms with Crippen molar-refractivity contribution in [2.24, 2.45) is 0 Å². The molecule has 13 heavy (non-hydrogen) atoms. The summed E-state index contributed by atoms with van der Waals surface area (Å²) in [6.45, 7) is 5.33. The fourth-order valence-electron chi connectivity index (χ4n) is 0.811. The zero-order chi connectivity index (χ0) is 10.3. The molecule has 0 atom stereocenters. The molecule has 0 fully saturated rings. The van der Waals surface area contributed by atoms with Crippen LogP contribution in [0.25, 0.3) is 0 Å². The highest BCUT2D eigenvalue weighted by Gasteiger charge is 2.15. The smallest absolute Gasteiger partial charge is 0.341 e. The van der Waals surface area contributed by atoms with Gasteiger partial charge in [0.2, 0.25) is 0 Å². The van der Waals surface area contributed by atoms with Crippen LogP contribution in [0.3, 0.4) is 0 Å². The minimum atomic E-state index is -0.562.